The Morgan fingerprint density at radius 2 is 2.05 bits per heavy atom. The molecule has 0 heterocycles. The second-order valence-electron chi connectivity index (χ2n) is 3.81. The zero-order valence-corrected chi connectivity index (χ0v) is 10.9. The van der Waals surface area contributed by atoms with Crippen molar-refractivity contribution in [3.8, 4) is 5.75 Å². The molecule has 0 aliphatic rings. The number of anilines is 1. The first-order chi connectivity index (χ1) is 9.10. The van der Waals surface area contributed by atoms with Crippen molar-refractivity contribution < 1.29 is 13.9 Å². The average molecular weight is 280 g/mol. The van der Waals surface area contributed by atoms with Crippen LogP contribution in [0.25, 0.3) is 0 Å². The number of carbonyl (C=O) groups is 1. The smallest absolute Gasteiger partial charge is 0.255 e. The molecule has 0 aliphatic carbocycles. The Bertz CT molecular complexity index is 616. The number of nitrogens with one attached hydrogen (secondary N) is 1. The van der Waals surface area contributed by atoms with Gasteiger partial charge in [0.25, 0.3) is 5.91 Å². The van der Waals surface area contributed by atoms with E-state index in [1.807, 2.05) is 0 Å². The molecule has 0 spiro atoms. The van der Waals surface area contributed by atoms with Gasteiger partial charge in [0.1, 0.15) is 11.6 Å². The average Bonchev–Trinajstić information content (AvgIpc) is 2.38. The first-order valence-electron chi connectivity index (χ1n) is 5.50. The van der Waals surface area contributed by atoms with E-state index in [0.717, 1.165) is 0 Å². The third kappa shape index (κ3) is 3.23. The van der Waals surface area contributed by atoms with Crippen LogP contribution in [0.1, 0.15) is 10.4 Å². The molecule has 1 amide bonds. The molecule has 0 saturated heterocycles. The van der Waals surface area contributed by atoms with E-state index in [0.29, 0.717) is 22.0 Å². The molecule has 1 N–H and O–H groups in total. The lowest BCUT2D eigenvalue weighted by molar-refractivity contribution is 0.102. The van der Waals surface area contributed by atoms with Crippen LogP contribution in [-0.4, -0.2) is 13.0 Å². The van der Waals surface area contributed by atoms with Gasteiger partial charge in [0.15, 0.2) is 0 Å². The van der Waals surface area contributed by atoms with Gasteiger partial charge < -0.3 is 10.1 Å². The van der Waals surface area contributed by atoms with Gasteiger partial charge in [-0.05, 0) is 36.4 Å². The second-order valence-corrected chi connectivity index (χ2v) is 4.22. The number of ether oxygens (including phenoxy) is 1. The maximum Gasteiger partial charge on any atom is 0.255 e. The summed E-state index contributed by atoms with van der Waals surface area (Å²) >= 11 is 5.94. The van der Waals surface area contributed by atoms with E-state index in [9.17, 15) is 9.18 Å². The number of rotatable bonds is 3. The first kappa shape index (κ1) is 13.4. The molecule has 0 unspecified atom stereocenters. The van der Waals surface area contributed by atoms with E-state index in [2.05, 4.69) is 5.32 Å². The fraction of sp³-hybridized carbons (Fsp3) is 0.0714. The van der Waals surface area contributed by atoms with E-state index in [1.165, 1.54) is 31.4 Å². The summed E-state index contributed by atoms with van der Waals surface area (Å²) < 4.78 is 18.0. The number of amides is 1. The number of benzene rings is 2. The summed E-state index contributed by atoms with van der Waals surface area (Å²) in [6, 6.07) is 10.3. The molecular weight excluding hydrogens is 269 g/mol. The molecule has 0 saturated carbocycles. The maximum atomic E-state index is 13.0. The predicted molar refractivity (Wildman–Crippen MR) is 72.4 cm³/mol. The molecule has 2 aromatic rings. The Balaban J connectivity index is 2.18. The van der Waals surface area contributed by atoms with Gasteiger partial charge in [-0.3, -0.25) is 4.79 Å². The highest BCUT2D eigenvalue weighted by atomic mass is 35.5. The fourth-order valence-electron chi connectivity index (χ4n) is 1.58. The van der Waals surface area contributed by atoms with Gasteiger partial charge in [0, 0.05) is 11.3 Å². The fourth-order valence-corrected chi connectivity index (χ4v) is 1.83. The third-order valence-electron chi connectivity index (χ3n) is 2.50. The highest BCUT2D eigenvalue weighted by Crippen LogP contribution is 2.25. The Morgan fingerprint density at radius 1 is 1.26 bits per heavy atom. The minimum Gasteiger partial charge on any atom is -0.495 e. The Hall–Kier alpha value is -2.07. The molecule has 0 atom stereocenters. The quantitative estimate of drug-likeness (QED) is 0.929. The summed E-state index contributed by atoms with van der Waals surface area (Å²) in [5.41, 5.74) is 0.756. The molecule has 98 valence electrons. The lowest BCUT2D eigenvalue weighted by Gasteiger charge is -2.07. The van der Waals surface area contributed by atoms with E-state index < -0.39 is 5.82 Å². The van der Waals surface area contributed by atoms with Crippen molar-refractivity contribution >= 4 is 23.2 Å². The van der Waals surface area contributed by atoms with Crippen molar-refractivity contribution in [1.29, 1.82) is 0 Å². The van der Waals surface area contributed by atoms with Gasteiger partial charge >= 0.3 is 0 Å². The van der Waals surface area contributed by atoms with Gasteiger partial charge in [-0.2, -0.15) is 0 Å². The Morgan fingerprint density at radius 3 is 2.68 bits per heavy atom. The van der Waals surface area contributed by atoms with Crippen molar-refractivity contribution in [1.82, 2.24) is 0 Å². The van der Waals surface area contributed by atoms with E-state index >= 15 is 0 Å². The third-order valence-corrected chi connectivity index (χ3v) is 2.79. The standard InChI is InChI=1S/C14H11ClFNO2/c1-19-13-6-5-9(7-12(13)15)14(18)17-11-4-2-3-10(16)8-11/h2-8H,1H3,(H,17,18). The zero-order valence-electron chi connectivity index (χ0n) is 10.1. The van der Waals surface area contributed by atoms with Crippen molar-refractivity contribution in [3.63, 3.8) is 0 Å². The Kier molecular flexibility index (Phi) is 4.02. The molecular formula is C14H11ClFNO2. The summed E-state index contributed by atoms with van der Waals surface area (Å²) in [7, 11) is 1.49. The number of methoxy groups -OCH3 is 1. The van der Waals surface area contributed by atoms with E-state index in [1.54, 1.807) is 18.2 Å². The van der Waals surface area contributed by atoms with Crippen LogP contribution in [0.5, 0.6) is 5.75 Å². The Labute approximate surface area is 115 Å². The van der Waals surface area contributed by atoms with Crippen LogP contribution < -0.4 is 10.1 Å². The largest absolute Gasteiger partial charge is 0.495 e. The van der Waals surface area contributed by atoms with Crippen LogP contribution in [0.2, 0.25) is 5.02 Å². The number of hydrogen-bond acceptors (Lipinski definition) is 2. The van der Waals surface area contributed by atoms with Crippen LogP contribution in [0, 0.1) is 5.82 Å². The number of halogens is 2. The molecule has 0 bridgehead atoms. The highest BCUT2D eigenvalue weighted by Gasteiger charge is 2.09. The summed E-state index contributed by atoms with van der Waals surface area (Å²) in [6.45, 7) is 0. The predicted octanol–water partition coefficient (Wildman–Crippen LogP) is 3.74. The molecule has 2 rings (SSSR count). The van der Waals surface area contributed by atoms with Crippen LogP contribution in [-0.2, 0) is 0 Å². The zero-order chi connectivity index (χ0) is 13.8. The lowest BCUT2D eigenvalue weighted by atomic mass is 10.2. The molecule has 0 aliphatic heterocycles. The normalized spacial score (nSPS) is 10.1. The van der Waals surface area contributed by atoms with Gasteiger partial charge in [0.05, 0.1) is 12.1 Å². The SMILES string of the molecule is COc1ccc(C(=O)Nc2cccc(F)c2)cc1Cl. The summed E-state index contributed by atoms with van der Waals surface area (Å²) in [5.74, 6) is -0.287. The van der Waals surface area contributed by atoms with Gasteiger partial charge in [-0.25, -0.2) is 4.39 Å². The molecule has 0 radical (unpaired) electrons. The van der Waals surface area contributed by atoms with Gasteiger partial charge in [0.2, 0.25) is 0 Å². The van der Waals surface area contributed by atoms with Crippen molar-refractivity contribution in [3.05, 3.63) is 58.9 Å². The molecule has 5 heteroatoms. The monoisotopic (exact) mass is 279 g/mol. The summed E-state index contributed by atoms with van der Waals surface area (Å²) in [5, 5.41) is 2.93. The minimum atomic E-state index is -0.412. The highest BCUT2D eigenvalue weighted by molar-refractivity contribution is 6.32. The summed E-state index contributed by atoms with van der Waals surface area (Å²) in [6.07, 6.45) is 0. The van der Waals surface area contributed by atoms with Crippen molar-refractivity contribution in [2.24, 2.45) is 0 Å². The van der Waals surface area contributed by atoms with Gasteiger partial charge in [-0.15, -0.1) is 0 Å². The van der Waals surface area contributed by atoms with Crippen LogP contribution in [0.3, 0.4) is 0 Å². The minimum absolute atomic E-state index is 0.342. The summed E-state index contributed by atoms with van der Waals surface area (Å²) in [4.78, 5) is 11.9. The van der Waals surface area contributed by atoms with Crippen molar-refractivity contribution in [2.75, 3.05) is 12.4 Å². The van der Waals surface area contributed by atoms with Crippen LogP contribution >= 0.6 is 11.6 Å². The second kappa shape index (κ2) is 5.71. The molecule has 2 aromatic carbocycles. The van der Waals surface area contributed by atoms with Gasteiger partial charge in [-0.1, -0.05) is 17.7 Å². The number of carbonyl (C=O) groups excluding carboxylic acids is 1. The molecule has 3 nitrogen and oxygen atoms in total. The van der Waals surface area contributed by atoms with E-state index in [-0.39, 0.29) is 5.91 Å². The lowest BCUT2D eigenvalue weighted by Crippen LogP contribution is -2.11. The van der Waals surface area contributed by atoms with Crippen LogP contribution in [0.15, 0.2) is 42.5 Å². The van der Waals surface area contributed by atoms with E-state index in [4.69, 9.17) is 16.3 Å². The maximum absolute atomic E-state index is 13.0. The number of hydrogen-bond donors (Lipinski definition) is 1. The van der Waals surface area contributed by atoms with Crippen molar-refractivity contribution in [2.45, 2.75) is 0 Å². The molecule has 0 aromatic heterocycles. The van der Waals surface area contributed by atoms with Crippen LogP contribution in [0.4, 0.5) is 10.1 Å². The molecule has 19 heavy (non-hydrogen) atoms. The first-order valence-corrected chi connectivity index (χ1v) is 5.88. The topological polar surface area (TPSA) is 38.3 Å². The molecule has 0 fully saturated rings.